The average molecular weight is 188 g/mol. The fourth-order valence-corrected chi connectivity index (χ4v) is 1.04. The first kappa shape index (κ1) is 11.7. The fraction of sp³-hybridized carbons (Fsp3) is 0.889. The third-order valence-corrected chi connectivity index (χ3v) is 1.99. The number of thiocarbonyl (C=S) groups is 1. The molecule has 0 saturated heterocycles. The van der Waals surface area contributed by atoms with Crippen LogP contribution in [0.4, 0.5) is 0 Å². The first-order valence-electron chi connectivity index (χ1n) is 4.60. The molecule has 0 fully saturated rings. The molecule has 12 heavy (non-hydrogen) atoms. The van der Waals surface area contributed by atoms with Crippen molar-refractivity contribution in [3.05, 3.63) is 0 Å². The lowest BCUT2D eigenvalue weighted by molar-refractivity contribution is 0.543. The van der Waals surface area contributed by atoms with Crippen molar-refractivity contribution in [2.75, 3.05) is 6.54 Å². The zero-order valence-electron chi connectivity index (χ0n) is 8.48. The predicted molar refractivity (Wildman–Crippen MR) is 58.3 cm³/mol. The van der Waals surface area contributed by atoms with Crippen molar-refractivity contribution < 1.29 is 0 Å². The van der Waals surface area contributed by atoms with Crippen molar-refractivity contribution in [1.82, 2.24) is 10.6 Å². The molecule has 72 valence electrons. The van der Waals surface area contributed by atoms with Gasteiger partial charge in [-0.2, -0.15) is 0 Å². The molecule has 0 aliphatic rings. The van der Waals surface area contributed by atoms with Gasteiger partial charge in [0.15, 0.2) is 5.11 Å². The molecule has 2 N–H and O–H groups in total. The van der Waals surface area contributed by atoms with E-state index in [1.165, 1.54) is 6.42 Å². The van der Waals surface area contributed by atoms with Gasteiger partial charge in [-0.05, 0) is 32.0 Å². The van der Waals surface area contributed by atoms with Crippen molar-refractivity contribution in [1.29, 1.82) is 0 Å². The Balaban J connectivity index is 3.44. The summed E-state index contributed by atoms with van der Waals surface area (Å²) >= 11 is 5.07. The zero-order valence-corrected chi connectivity index (χ0v) is 9.29. The maximum absolute atomic E-state index is 5.07. The summed E-state index contributed by atoms with van der Waals surface area (Å²) in [5.41, 5.74) is 0. The van der Waals surface area contributed by atoms with Gasteiger partial charge in [0.25, 0.3) is 0 Å². The fourth-order valence-electron chi connectivity index (χ4n) is 0.724. The lowest BCUT2D eigenvalue weighted by Gasteiger charge is -2.15. The van der Waals surface area contributed by atoms with Gasteiger partial charge in [-0.1, -0.05) is 20.3 Å². The van der Waals surface area contributed by atoms with E-state index in [1.807, 2.05) is 0 Å². The molecular weight excluding hydrogens is 168 g/mol. The monoisotopic (exact) mass is 188 g/mol. The molecule has 1 atom stereocenters. The van der Waals surface area contributed by atoms with Crippen LogP contribution in [0, 0.1) is 5.92 Å². The molecule has 0 amide bonds. The first-order chi connectivity index (χ1) is 5.56. The van der Waals surface area contributed by atoms with Crippen LogP contribution in [0.5, 0.6) is 0 Å². The minimum absolute atomic E-state index is 0.418. The number of rotatable bonds is 4. The zero-order chi connectivity index (χ0) is 9.56. The Morgan fingerprint density at radius 3 is 2.33 bits per heavy atom. The van der Waals surface area contributed by atoms with Crippen LogP contribution in [0.15, 0.2) is 0 Å². The predicted octanol–water partition coefficient (Wildman–Crippen LogP) is 1.90. The molecule has 1 unspecified atom stereocenters. The quantitative estimate of drug-likeness (QED) is 0.659. The summed E-state index contributed by atoms with van der Waals surface area (Å²) in [4.78, 5) is 0. The molecule has 0 bridgehead atoms. The Hall–Kier alpha value is -0.310. The van der Waals surface area contributed by atoms with E-state index in [0.717, 1.165) is 11.7 Å². The Morgan fingerprint density at radius 1 is 1.33 bits per heavy atom. The van der Waals surface area contributed by atoms with E-state index in [9.17, 15) is 0 Å². The molecule has 0 rings (SSSR count). The van der Waals surface area contributed by atoms with Gasteiger partial charge in [0.1, 0.15) is 0 Å². The van der Waals surface area contributed by atoms with Crippen molar-refractivity contribution in [2.24, 2.45) is 5.92 Å². The molecule has 3 heteroatoms. The first-order valence-corrected chi connectivity index (χ1v) is 5.01. The highest BCUT2D eigenvalue weighted by Gasteiger charge is 2.00. The average Bonchev–Trinajstić information content (AvgIpc) is 1.99. The van der Waals surface area contributed by atoms with E-state index in [0.29, 0.717) is 12.0 Å². The molecule has 0 spiro atoms. The van der Waals surface area contributed by atoms with Crippen molar-refractivity contribution in [2.45, 2.75) is 40.2 Å². The van der Waals surface area contributed by atoms with Gasteiger partial charge in [-0.15, -0.1) is 0 Å². The van der Waals surface area contributed by atoms with Gasteiger partial charge >= 0.3 is 0 Å². The Kier molecular flexibility index (Phi) is 6.07. The summed E-state index contributed by atoms with van der Waals surface area (Å²) in [5.74, 6) is 0.692. The Bertz CT molecular complexity index is 134. The van der Waals surface area contributed by atoms with Crippen LogP contribution in [0.1, 0.15) is 34.1 Å². The van der Waals surface area contributed by atoms with Gasteiger partial charge < -0.3 is 10.6 Å². The maximum atomic E-state index is 5.07. The molecule has 0 aromatic carbocycles. The second-order valence-electron chi connectivity index (χ2n) is 3.52. The summed E-state index contributed by atoms with van der Waals surface area (Å²) in [6.07, 6.45) is 1.19. The number of hydrogen-bond acceptors (Lipinski definition) is 1. The van der Waals surface area contributed by atoms with Gasteiger partial charge in [-0.3, -0.25) is 0 Å². The molecule has 0 aliphatic carbocycles. The van der Waals surface area contributed by atoms with Crippen molar-refractivity contribution in [3.63, 3.8) is 0 Å². The summed E-state index contributed by atoms with van der Waals surface area (Å²) in [5, 5.41) is 7.10. The number of nitrogens with one attached hydrogen (secondary N) is 2. The standard InChI is InChI=1S/C9H20N2S/c1-5-8(4)6-10-9(12)11-7(2)3/h7-8H,5-6H2,1-4H3,(H2,10,11,12). The highest BCUT2D eigenvalue weighted by molar-refractivity contribution is 7.80. The SMILES string of the molecule is CCC(C)CNC(=S)NC(C)C. The summed E-state index contributed by atoms with van der Waals surface area (Å²) < 4.78 is 0. The molecule has 0 aromatic rings. The summed E-state index contributed by atoms with van der Waals surface area (Å²) in [6.45, 7) is 9.53. The second-order valence-corrected chi connectivity index (χ2v) is 3.93. The van der Waals surface area contributed by atoms with Crippen LogP contribution in [0.3, 0.4) is 0 Å². The van der Waals surface area contributed by atoms with E-state index in [2.05, 4.69) is 38.3 Å². The minimum atomic E-state index is 0.418. The van der Waals surface area contributed by atoms with Crippen LogP contribution in [0.25, 0.3) is 0 Å². The van der Waals surface area contributed by atoms with Crippen LogP contribution in [-0.4, -0.2) is 17.7 Å². The largest absolute Gasteiger partial charge is 0.362 e. The lowest BCUT2D eigenvalue weighted by Crippen LogP contribution is -2.40. The molecule has 0 aromatic heterocycles. The van der Waals surface area contributed by atoms with Crippen molar-refractivity contribution >= 4 is 17.3 Å². The van der Waals surface area contributed by atoms with E-state index in [1.54, 1.807) is 0 Å². The highest BCUT2D eigenvalue weighted by Crippen LogP contribution is 1.96. The normalized spacial score (nSPS) is 12.8. The highest BCUT2D eigenvalue weighted by atomic mass is 32.1. The molecule has 0 heterocycles. The van der Waals surface area contributed by atoms with E-state index < -0.39 is 0 Å². The van der Waals surface area contributed by atoms with E-state index in [-0.39, 0.29) is 0 Å². The van der Waals surface area contributed by atoms with Gasteiger partial charge in [0, 0.05) is 12.6 Å². The van der Waals surface area contributed by atoms with Crippen LogP contribution in [0.2, 0.25) is 0 Å². The molecule has 0 radical (unpaired) electrons. The molecular formula is C9H20N2S. The Morgan fingerprint density at radius 2 is 1.92 bits per heavy atom. The lowest BCUT2D eigenvalue weighted by atomic mass is 10.1. The molecule has 2 nitrogen and oxygen atoms in total. The Labute approximate surface area is 81.1 Å². The second kappa shape index (κ2) is 6.23. The van der Waals surface area contributed by atoms with Crippen molar-refractivity contribution in [3.8, 4) is 0 Å². The minimum Gasteiger partial charge on any atom is -0.362 e. The van der Waals surface area contributed by atoms with Crippen LogP contribution < -0.4 is 10.6 Å². The number of hydrogen-bond donors (Lipinski definition) is 2. The van der Waals surface area contributed by atoms with Gasteiger partial charge in [0.05, 0.1) is 0 Å². The summed E-state index contributed by atoms with van der Waals surface area (Å²) in [7, 11) is 0. The van der Waals surface area contributed by atoms with Gasteiger partial charge in [-0.25, -0.2) is 0 Å². The third kappa shape index (κ3) is 6.40. The third-order valence-electron chi connectivity index (χ3n) is 1.73. The smallest absolute Gasteiger partial charge is 0.166 e. The van der Waals surface area contributed by atoms with Gasteiger partial charge in [0.2, 0.25) is 0 Å². The van der Waals surface area contributed by atoms with E-state index in [4.69, 9.17) is 12.2 Å². The molecule has 0 saturated carbocycles. The molecule has 0 aliphatic heterocycles. The van der Waals surface area contributed by atoms with E-state index >= 15 is 0 Å². The topological polar surface area (TPSA) is 24.1 Å². The van der Waals surface area contributed by atoms with Crippen LogP contribution >= 0.6 is 12.2 Å². The maximum Gasteiger partial charge on any atom is 0.166 e. The summed E-state index contributed by atoms with van der Waals surface area (Å²) in [6, 6.07) is 0.418. The van der Waals surface area contributed by atoms with Crippen LogP contribution in [-0.2, 0) is 0 Å².